The Balaban J connectivity index is 0.743. The molecular weight excluding hydrogens is 1000 g/mol. The number of hydrogen-bond donors (Lipinski definition) is 0. The molecule has 0 N–H and O–H groups in total. The van der Waals surface area contributed by atoms with Gasteiger partial charge in [-0.3, -0.25) is 0 Å². The molecule has 0 atom stereocenters. The lowest BCUT2D eigenvalue weighted by Crippen LogP contribution is -2.09. The van der Waals surface area contributed by atoms with E-state index < -0.39 is 0 Å². The Labute approximate surface area is 482 Å². The molecule has 0 unspecified atom stereocenters. The molecule has 0 saturated carbocycles. The van der Waals surface area contributed by atoms with Gasteiger partial charge in [-0.2, -0.15) is 0 Å². The molecule has 16 aromatic rings. The first-order valence-electron chi connectivity index (χ1n) is 28.5. The van der Waals surface area contributed by atoms with Gasteiger partial charge in [-0.25, -0.2) is 0 Å². The van der Waals surface area contributed by atoms with Gasteiger partial charge >= 0.3 is 0 Å². The van der Waals surface area contributed by atoms with Crippen molar-refractivity contribution in [3.05, 3.63) is 322 Å². The summed E-state index contributed by atoms with van der Waals surface area (Å²) in [6, 6.07) is 118. The van der Waals surface area contributed by atoms with Gasteiger partial charge in [-0.1, -0.05) is 212 Å². The van der Waals surface area contributed by atoms with E-state index in [9.17, 15) is 0 Å². The van der Waals surface area contributed by atoms with Crippen LogP contribution in [0, 0.1) is 0 Å². The zero-order chi connectivity index (χ0) is 54.8. The molecule has 83 heavy (non-hydrogen) atoms. The number of para-hydroxylation sites is 4. The van der Waals surface area contributed by atoms with Crippen LogP contribution in [0.25, 0.3) is 132 Å². The molecule has 0 aliphatic heterocycles. The van der Waals surface area contributed by atoms with Gasteiger partial charge in [-0.15, -0.1) is 0 Å². The van der Waals surface area contributed by atoms with Gasteiger partial charge in [0.05, 0.1) is 22.1 Å². The van der Waals surface area contributed by atoms with Crippen LogP contribution in [0.15, 0.2) is 322 Å². The third-order valence-electron chi connectivity index (χ3n) is 16.9. The highest BCUT2D eigenvalue weighted by atomic mass is 15.1. The van der Waals surface area contributed by atoms with Crippen molar-refractivity contribution in [3.8, 4) is 67.0 Å². The molecule has 0 amide bonds. The average molecular weight is 1060 g/mol. The van der Waals surface area contributed by atoms with Gasteiger partial charge < -0.3 is 14.0 Å². The Morgan fingerprint density at radius 3 is 0.795 bits per heavy atom. The summed E-state index contributed by atoms with van der Waals surface area (Å²) in [4.78, 5) is 2.37. The van der Waals surface area contributed by atoms with E-state index in [4.69, 9.17) is 0 Å². The number of rotatable bonds is 10. The lowest BCUT2D eigenvalue weighted by Gasteiger charge is -2.26. The fourth-order valence-electron chi connectivity index (χ4n) is 12.7. The first kappa shape index (κ1) is 48.0. The molecule has 388 valence electrons. The second kappa shape index (κ2) is 20.0. The number of nitrogens with zero attached hydrogens (tertiary/aromatic N) is 3. The molecule has 14 aromatic carbocycles. The van der Waals surface area contributed by atoms with E-state index in [0.29, 0.717) is 0 Å². The van der Waals surface area contributed by atoms with Crippen molar-refractivity contribution >= 4 is 82.2 Å². The fraction of sp³-hybridized carbons (Fsp3) is 0. The van der Waals surface area contributed by atoms with Crippen molar-refractivity contribution in [2.75, 3.05) is 4.90 Å². The van der Waals surface area contributed by atoms with Crippen LogP contribution >= 0.6 is 0 Å². The average Bonchev–Trinajstić information content (AvgIpc) is 4.22. The highest BCUT2D eigenvalue weighted by Gasteiger charge is 2.18. The minimum absolute atomic E-state index is 1.07. The Bertz CT molecular complexity index is 4820. The summed E-state index contributed by atoms with van der Waals surface area (Å²) in [5.41, 5.74) is 22.2. The number of hydrogen-bond acceptors (Lipinski definition) is 1. The second-order valence-electron chi connectivity index (χ2n) is 21.7. The summed E-state index contributed by atoms with van der Waals surface area (Å²) in [5, 5.41) is 9.94. The molecule has 2 heterocycles. The molecule has 0 fully saturated rings. The predicted octanol–water partition coefficient (Wildman–Crippen LogP) is 22.0. The van der Waals surface area contributed by atoms with Gasteiger partial charge in [-0.05, 0) is 186 Å². The van der Waals surface area contributed by atoms with Gasteiger partial charge in [0.2, 0.25) is 0 Å². The molecule has 0 aliphatic carbocycles. The molecule has 0 spiro atoms. The standard InChI is InChI=1S/C80H53N3/c1-2-14-54(15-3-1)62-32-28-58-30-34-64(50-66(58)48-62)65-35-31-59-29-33-63(49-67(59)51-65)57-40-46-70(47-41-57)81(68-42-36-55(37-43-68)60-16-12-18-71(52-60)82-77-24-8-4-20-73(77)74-21-5-9-25-78(74)82)69-44-38-56(39-45-69)61-17-13-19-72(53-61)83-79-26-10-6-22-75(79)76-23-7-11-27-80(76)83/h1-53H. The van der Waals surface area contributed by atoms with Crippen LogP contribution in [-0.4, -0.2) is 9.13 Å². The van der Waals surface area contributed by atoms with Gasteiger partial charge in [0.1, 0.15) is 0 Å². The predicted molar refractivity (Wildman–Crippen MR) is 352 cm³/mol. The van der Waals surface area contributed by atoms with Crippen LogP contribution in [0.4, 0.5) is 17.1 Å². The number of anilines is 3. The minimum atomic E-state index is 1.07. The molecule has 0 aliphatic rings. The summed E-state index contributed by atoms with van der Waals surface area (Å²) in [6.45, 7) is 0. The maximum absolute atomic E-state index is 2.39. The van der Waals surface area contributed by atoms with Gasteiger partial charge in [0.15, 0.2) is 0 Å². The topological polar surface area (TPSA) is 13.1 Å². The summed E-state index contributed by atoms with van der Waals surface area (Å²) in [7, 11) is 0. The zero-order valence-electron chi connectivity index (χ0n) is 45.4. The summed E-state index contributed by atoms with van der Waals surface area (Å²) < 4.78 is 4.78. The summed E-state index contributed by atoms with van der Waals surface area (Å²) in [6.07, 6.45) is 0. The summed E-state index contributed by atoms with van der Waals surface area (Å²) in [5.74, 6) is 0. The van der Waals surface area contributed by atoms with E-state index in [-0.39, 0.29) is 0 Å². The fourth-order valence-corrected chi connectivity index (χ4v) is 12.7. The van der Waals surface area contributed by atoms with Crippen LogP contribution in [0.2, 0.25) is 0 Å². The molecular formula is C80H53N3. The van der Waals surface area contributed by atoms with Crippen molar-refractivity contribution in [1.82, 2.24) is 9.13 Å². The number of fused-ring (bicyclic) bond motifs is 8. The highest BCUT2D eigenvalue weighted by molar-refractivity contribution is 6.10. The van der Waals surface area contributed by atoms with E-state index in [2.05, 4.69) is 336 Å². The van der Waals surface area contributed by atoms with Gasteiger partial charge in [0.25, 0.3) is 0 Å². The second-order valence-corrected chi connectivity index (χ2v) is 21.7. The van der Waals surface area contributed by atoms with Crippen molar-refractivity contribution < 1.29 is 0 Å². The normalized spacial score (nSPS) is 11.6. The maximum atomic E-state index is 2.39. The Morgan fingerprint density at radius 1 is 0.181 bits per heavy atom. The SMILES string of the molecule is c1ccc(-c2ccc3ccc(-c4ccc5ccc(-c6ccc(N(c7ccc(-c8cccc(-n9c%10ccccc%10c%10ccccc%109)c8)cc7)c7ccc(-c8cccc(-n9c%10ccccc%10c%10ccccc%109)c8)cc7)cc6)cc5c4)cc3c2)cc1. The molecule has 0 radical (unpaired) electrons. The number of benzene rings is 14. The van der Waals surface area contributed by atoms with E-state index in [1.807, 2.05) is 0 Å². The zero-order valence-corrected chi connectivity index (χ0v) is 45.4. The van der Waals surface area contributed by atoms with E-state index in [0.717, 1.165) is 56.3 Å². The smallest absolute Gasteiger partial charge is 0.0541 e. The third-order valence-corrected chi connectivity index (χ3v) is 16.9. The van der Waals surface area contributed by atoms with Crippen LogP contribution in [-0.2, 0) is 0 Å². The molecule has 16 rings (SSSR count). The quantitative estimate of drug-likeness (QED) is 0.133. The molecule has 2 aromatic heterocycles. The first-order chi connectivity index (χ1) is 41.1. The molecule has 0 bridgehead atoms. The summed E-state index contributed by atoms with van der Waals surface area (Å²) >= 11 is 0. The van der Waals surface area contributed by atoms with Gasteiger partial charge in [0, 0.05) is 50.0 Å². The monoisotopic (exact) mass is 1060 g/mol. The minimum Gasteiger partial charge on any atom is -0.311 e. The van der Waals surface area contributed by atoms with Crippen LogP contribution in [0.1, 0.15) is 0 Å². The maximum Gasteiger partial charge on any atom is 0.0541 e. The van der Waals surface area contributed by atoms with Crippen LogP contribution in [0.5, 0.6) is 0 Å². The van der Waals surface area contributed by atoms with Crippen LogP contribution < -0.4 is 4.90 Å². The number of aromatic nitrogens is 2. The van der Waals surface area contributed by atoms with Crippen molar-refractivity contribution in [2.45, 2.75) is 0 Å². The highest BCUT2D eigenvalue weighted by Crippen LogP contribution is 2.41. The Hall–Kier alpha value is -11.0. The van der Waals surface area contributed by atoms with E-state index >= 15 is 0 Å². The lowest BCUT2D eigenvalue weighted by atomic mass is 9.95. The van der Waals surface area contributed by atoms with Crippen molar-refractivity contribution in [1.29, 1.82) is 0 Å². The van der Waals surface area contributed by atoms with Crippen molar-refractivity contribution in [2.24, 2.45) is 0 Å². The first-order valence-corrected chi connectivity index (χ1v) is 28.5. The Morgan fingerprint density at radius 2 is 0.446 bits per heavy atom. The van der Waals surface area contributed by atoms with Crippen LogP contribution in [0.3, 0.4) is 0 Å². The largest absolute Gasteiger partial charge is 0.311 e. The van der Waals surface area contributed by atoms with Crippen molar-refractivity contribution in [3.63, 3.8) is 0 Å². The lowest BCUT2D eigenvalue weighted by molar-refractivity contribution is 1.18. The third kappa shape index (κ3) is 8.54. The Kier molecular flexibility index (Phi) is 11.5. The molecule has 0 saturated heterocycles. The molecule has 3 heteroatoms. The van der Waals surface area contributed by atoms with E-state index in [1.165, 1.54) is 93.0 Å². The molecule has 3 nitrogen and oxygen atoms in total. The van der Waals surface area contributed by atoms with E-state index in [1.54, 1.807) is 0 Å².